The molecule has 0 spiro atoms. The number of nitro groups is 1. The van der Waals surface area contributed by atoms with Crippen LogP contribution >= 0.6 is 22.9 Å². The number of nitrogens with zero attached hydrogens (tertiary/aromatic N) is 3. The average Bonchev–Trinajstić information content (AvgIpc) is 2.80. The highest BCUT2D eigenvalue weighted by atomic mass is 35.5. The molecule has 100 valence electrons. The summed E-state index contributed by atoms with van der Waals surface area (Å²) in [4.78, 5) is 19.0. The second-order valence-electron chi connectivity index (χ2n) is 3.67. The molecule has 19 heavy (non-hydrogen) atoms. The molecule has 0 atom stereocenters. The van der Waals surface area contributed by atoms with Gasteiger partial charge in [0.1, 0.15) is 5.69 Å². The van der Waals surface area contributed by atoms with Crippen LogP contribution in [0.25, 0.3) is 0 Å². The maximum absolute atomic E-state index is 11.0. The van der Waals surface area contributed by atoms with Crippen LogP contribution in [0.3, 0.4) is 0 Å². The van der Waals surface area contributed by atoms with Gasteiger partial charge in [-0.1, -0.05) is 6.07 Å². The van der Waals surface area contributed by atoms with E-state index >= 15 is 0 Å². The zero-order valence-corrected chi connectivity index (χ0v) is 11.6. The van der Waals surface area contributed by atoms with Crippen LogP contribution in [-0.4, -0.2) is 21.5 Å². The number of rotatable bonds is 5. The summed E-state index contributed by atoms with van der Waals surface area (Å²) in [5.41, 5.74) is -0.0493. The minimum Gasteiger partial charge on any atom is -0.472 e. The van der Waals surface area contributed by atoms with Crippen molar-refractivity contribution in [2.75, 3.05) is 6.61 Å². The van der Waals surface area contributed by atoms with Crippen LogP contribution in [0.15, 0.2) is 17.5 Å². The summed E-state index contributed by atoms with van der Waals surface area (Å²) in [5.74, 6) is -0.0842. The van der Waals surface area contributed by atoms with Crippen molar-refractivity contribution < 1.29 is 9.66 Å². The van der Waals surface area contributed by atoms with Gasteiger partial charge in [-0.05, 0) is 30.0 Å². The summed E-state index contributed by atoms with van der Waals surface area (Å²) < 4.78 is 5.36. The van der Waals surface area contributed by atoms with Gasteiger partial charge >= 0.3 is 5.69 Å². The Morgan fingerprint density at radius 3 is 2.95 bits per heavy atom. The van der Waals surface area contributed by atoms with Crippen LogP contribution in [0.1, 0.15) is 10.6 Å². The third-order valence-corrected chi connectivity index (χ3v) is 3.45. The summed E-state index contributed by atoms with van der Waals surface area (Å²) in [6.07, 6.45) is 0.662. The average molecular weight is 300 g/mol. The molecule has 0 amide bonds. The molecule has 0 bridgehead atoms. The number of hydrogen-bond acceptors (Lipinski definition) is 6. The van der Waals surface area contributed by atoms with Gasteiger partial charge in [0.25, 0.3) is 5.88 Å². The molecule has 0 aliphatic carbocycles. The third-order valence-electron chi connectivity index (χ3n) is 2.35. The maximum Gasteiger partial charge on any atom is 0.352 e. The monoisotopic (exact) mass is 299 g/mol. The normalized spacial score (nSPS) is 10.4. The largest absolute Gasteiger partial charge is 0.472 e. The van der Waals surface area contributed by atoms with E-state index in [1.54, 1.807) is 11.3 Å². The highest BCUT2D eigenvalue weighted by Crippen LogP contribution is 2.28. The van der Waals surface area contributed by atoms with Crippen molar-refractivity contribution in [3.8, 4) is 5.88 Å². The van der Waals surface area contributed by atoms with Crippen LogP contribution in [0.4, 0.5) is 5.69 Å². The van der Waals surface area contributed by atoms with E-state index in [4.69, 9.17) is 16.3 Å². The predicted octanol–water partition coefficient (Wildman–Crippen LogP) is 3.03. The van der Waals surface area contributed by atoms with Gasteiger partial charge in [-0.2, -0.15) is 4.98 Å². The van der Waals surface area contributed by atoms with Gasteiger partial charge in [-0.3, -0.25) is 10.1 Å². The van der Waals surface area contributed by atoms with E-state index in [1.165, 1.54) is 6.92 Å². The molecule has 0 saturated carbocycles. The van der Waals surface area contributed by atoms with Gasteiger partial charge in [0, 0.05) is 11.3 Å². The Hall–Kier alpha value is -1.73. The van der Waals surface area contributed by atoms with Crippen molar-refractivity contribution in [3.63, 3.8) is 0 Å². The molecule has 0 radical (unpaired) electrons. The second kappa shape index (κ2) is 5.94. The van der Waals surface area contributed by atoms with E-state index < -0.39 is 4.92 Å². The molecular formula is C11H10ClN3O3S. The molecule has 0 unspecified atom stereocenters. The van der Waals surface area contributed by atoms with Crippen molar-refractivity contribution in [3.05, 3.63) is 43.5 Å². The standard InChI is InChI=1S/C11H10ClN3O3S/c1-7-9(15(16)17)10(14-11(12)13-7)18-5-4-8-3-2-6-19-8/h2-3,6H,4-5H2,1H3. The van der Waals surface area contributed by atoms with Crippen LogP contribution in [-0.2, 0) is 6.42 Å². The molecule has 0 aliphatic rings. The molecule has 2 heterocycles. The highest BCUT2D eigenvalue weighted by molar-refractivity contribution is 7.09. The number of thiophene rings is 1. The van der Waals surface area contributed by atoms with Crippen molar-refractivity contribution >= 4 is 28.6 Å². The van der Waals surface area contributed by atoms with E-state index in [1.807, 2.05) is 17.5 Å². The Kier molecular flexibility index (Phi) is 4.28. The molecular weight excluding hydrogens is 290 g/mol. The summed E-state index contributed by atoms with van der Waals surface area (Å²) >= 11 is 7.28. The summed E-state index contributed by atoms with van der Waals surface area (Å²) in [7, 11) is 0. The van der Waals surface area contributed by atoms with Gasteiger partial charge in [0.05, 0.1) is 11.5 Å². The van der Waals surface area contributed by atoms with Gasteiger partial charge in [-0.15, -0.1) is 11.3 Å². The molecule has 2 rings (SSSR count). The topological polar surface area (TPSA) is 78.2 Å². The molecule has 8 heteroatoms. The zero-order valence-electron chi connectivity index (χ0n) is 10.00. The summed E-state index contributed by atoms with van der Waals surface area (Å²) in [5, 5.41) is 12.9. The number of halogens is 1. The van der Waals surface area contributed by atoms with Gasteiger partial charge in [0.2, 0.25) is 5.28 Å². The first-order valence-electron chi connectivity index (χ1n) is 5.41. The smallest absolute Gasteiger partial charge is 0.352 e. The molecule has 2 aromatic rings. The fraction of sp³-hybridized carbons (Fsp3) is 0.273. The molecule has 6 nitrogen and oxygen atoms in total. The first kappa shape index (κ1) is 13.7. The van der Waals surface area contributed by atoms with Crippen molar-refractivity contribution in [2.45, 2.75) is 13.3 Å². The number of ether oxygens (including phenoxy) is 1. The zero-order chi connectivity index (χ0) is 13.8. The number of hydrogen-bond donors (Lipinski definition) is 0. The summed E-state index contributed by atoms with van der Waals surface area (Å²) in [6.45, 7) is 1.80. The molecule has 0 aliphatic heterocycles. The van der Waals surface area contributed by atoms with Crippen LogP contribution in [0.2, 0.25) is 5.28 Å². The summed E-state index contributed by atoms with van der Waals surface area (Å²) in [6, 6.07) is 3.91. The van der Waals surface area contributed by atoms with E-state index in [0.717, 1.165) is 4.88 Å². The fourth-order valence-electron chi connectivity index (χ4n) is 1.52. The van der Waals surface area contributed by atoms with E-state index in [2.05, 4.69) is 9.97 Å². The van der Waals surface area contributed by atoms with Crippen LogP contribution in [0, 0.1) is 17.0 Å². The lowest BCUT2D eigenvalue weighted by Crippen LogP contribution is -2.07. The van der Waals surface area contributed by atoms with E-state index in [-0.39, 0.29) is 22.5 Å². The molecule has 0 aromatic carbocycles. The number of aromatic nitrogens is 2. The SMILES string of the molecule is Cc1nc(Cl)nc(OCCc2cccs2)c1[N+](=O)[O-]. The Balaban J connectivity index is 2.12. The van der Waals surface area contributed by atoms with Gasteiger partial charge < -0.3 is 4.74 Å². The Bertz CT molecular complexity index is 589. The van der Waals surface area contributed by atoms with E-state index in [0.29, 0.717) is 13.0 Å². The van der Waals surface area contributed by atoms with Crippen molar-refractivity contribution in [2.24, 2.45) is 0 Å². The molecule has 0 N–H and O–H groups in total. The highest BCUT2D eigenvalue weighted by Gasteiger charge is 2.23. The van der Waals surface area contributed by atoms with Crippen LogP contribution < -0.4 is 4.74 Å². The second-order valence-corrected chi connectivity index (χ2v) is 5.04. The minimum atomic E-state index is -0.563. The lowest BCUT2D eigenvalue weighted by atomic mass is 10.3. The Morgan fingerprint density at radius 2 is 2.32 bits per heavy atom. The third kappa shape index (κ3) is 3.39. The van der Waals surface area contributed by atoms with Gasteiger partial charge in [0.15, 0.2) is 0 Å². The van der Waals surface area contributed by atoms with Crippen molar-refractivity contribution in [1.29, 1.82) is 0 Å². The maximum atomic E-state index is 11.0. The minimum absolute atomic E-state index is 0.0609. The Morgan fingerprint density at radius 1 is 1.53 bits per heavy atom. The molecule has 0 fully saturated rings. The number of aryl methyl sites for hydroxylation is 1. The quantitative estimate of drug-likeness (QED) is 0.482. The fourth-order valence-corrected chi connectivity index (χ4v) is 2.42. The van der Waals surface area contributed by atoms with Gasteiger partial charge in [-0.25, -0.2) is 4.98 Å². The Labute approximate surface area is 118 Å². The van der Waals surface area contributed by atoms with E-state index in [9.17, 15) is 10.1 Å². The first-order valence-corrected chi connectivity index (χ1v) is 6.67. The van der Waals surface area contributed by atoms with Crippen LogP contribution in [0.5, 0.6) is 5.88 Å². The first-order chi connectivity index (χ1) is 9.08. The predicted molar refractivity (Wildman–Crippen MR) is 72.0 cm³/mol. The molecule has 2 aromatic heterocycles. The lowest BCUT2D eigenvalue weighted by Gasteiger charge is -2.06. The lowest BCUT2D eigenvalue weighted by molar-refractivity contribution is -0.387. The molecule has 0 saturated heterocycles. The van der Waals surface area contributed by atoms with Crippen molar-refractivity contribution in [1.82, 2.24) is 9.97 Å².